The number of nitrogens with one attached hydrogen (secondary N) is 1. The summed E-state index contributed by atoms with van der Waals surface area (Å²) in [7, 11) is 0. The Hall–Kier alpha value is -4.30. The minimum atomic E-state index is -4.52. The van der Waals surface area contributed by atoms with Gasteiger partial charge in [-0.15, -0.1) is 0 Å². The number of anilines is 2. The molecule has 1 aromatic heterocycles. The van der Waals surface area contributed by atoms with Gasteiger partial charge in [0, 0.05) is 55.1 Å². The Morgan fingerprint density at radius 2 is 1.95 bits per heavy atom. The number of benzene rings is 2. The van der Waals surface area contributed by atoms with E-state index in [1.54, 1.807) is 11.1 Å². The summed E-state index contributed by atoms with van der Waals surface area (Å²) >= 11 is 0. The molecule has 11 heteroatoms. The number of fused-ring (bicyclic) bond motifs is 2. The lowest BCUT2D eigenvalue weighted by atomic mass is 9.74. The average molecular weight is 579 g/mol. The summed E-state index contributed by atoms with van der Waals surface area (Å²) in [6.07, 6.45) is -1.54. The van der Waals surface area contributed by atoms with E-state index in [0.717, 1.165) is 34.5 Å². The zero-order valence-corrected chi connectivity index (χ0v) is 23.5. The normalized spacial score (nSPS) is 16.6. The molecule has 1 atom stereocenters. The maximum atomic E-state index is 13.4. The standard InChI is InChI=1S/C31H33F3N6O2/c1-3-42-28-24(5-4-12-37-28)21-6-8-25-27(16-21)40(29(41)38-18-20(2)36)19-30(25)10-13-39(14-11-30)26-9-7-23(31(32,33)34)15-22(26)17-35/h4-9,12,15-16,20H,3,10-11,13-14,18-19,36H2,1-2H3,(H,38,41). The quantitative estimate of drug-likeness (QED) is 0.403. The number of rotatable bonds is 6. The first kappa shape index (κ1) is 29.2. The highest BCUT2D eigenvalue weighted by Gasteiger charge is 2.47. The van der Waals surface area contributed by atoms with Crippen molar-refractivity contribution in [1.29, 1.82) is 5.26 Å². The first-order chi connectivity index (χ1) is 20.1. The van der Waals surface area contributed by atoms with Crippen molar-refractivity contribution in [2.24, 2.45) is 5.73 Å². The molecule has 42 heavy (non-hydrogen) atoms. The van der Waals surface area contributed by atoms with Gasteiger partial charge in [-0.3, -0.25) is 4.90 Å². The van der Waals surface area contributed by atoms with Crippen LogP contribution in [0, 0.1) is 11.3 Å². The maximum absolute atomic E-state index is 13.4. The Morgan fingerprint density at radius 1 is 1.19 bits per heavy atom. The zero-order valence-electron chi connectivity index (χ0n) is 23.5. The third-order valence-corrected chi connectivity index (χ3v) is 8.01. The number of nitriles is 1. The summed E-state index contributed by atoms with van der Waals surface area (Å²) in [5, 5.41) is 12.5. The number of hydrogen-bond donors (Lipinski definition) is 2. The van der Waals surface area contributed by atoms with Crippen LogP contribution in [-0.2, 0) is 11.6 Å². The third kappa shape index (κ3) is 5.59. The molecule has 8 nitrogen and oxygen atoms in total. The fourth-order valence-corrected chi connectivity index (χ4v) is 5.91. The van der Waals surface area contributed by atoms with Crippen molar-refractivity contribution < 1.29 is 22.7 Å². The van der Waals surface area contributed by atoms with Crippen LogP contribution in [0.15, 0.2) is 54.7 Å². The van der Waals surface area contributed by atoms with Crippen molar-refractivity contribution in [1.82, 2.24) is 10.3 Å². The van der Waals surface area contributed by atoms with Gasteiger partial charge in [-0.25, -0.2) is 9.78 Å². The van der Waals surface area contributed by atoms with Crippen LogP contribution in [0.4, 0.5) is 29.3 Å². The predicted octanol–water partition coefficient (Wildman–Crippen LogP) is 5.45. The lowest BCUT2D eigenvalue weighted by molar-refractivity contribution is -0.137. The van der Waals surface area contributed by atoms with Crippen molar-refractivity contribution >= 4 is 17.4 Å². The monoisotopic (exact) mass is 578 g/mol. The molecule has 2 aliphatic rings. The van der Waals surface area contributed by atoms with E-state index in [-0.39, 0.29) is 23.1 Å². The molecular formula is C31H33F3N6O2. The maximum Gasteiger partial charge on any atom is 0.416 e. The Balaban J connectivity index is 1.47. The molecule has 2 amide bonds. The number of nitrogens with zero attached hydrogens (tertiary/aromatic N) is 4. The molecule has 0 bridgehead atoms. The molecule has 220 valence electrons. The second-order valence-electron chi connectivity index (χ2n) is 10.9. The van der Waals surface area contributed by atoms with Gasteiger partial charge in [-0.05, 0) is 74.2 Å². The average Bonchev–Trinajstić information content (AvgIpc) is 3.29. The third-order valence-electron chi connectivity index (χ3n) is 8.01. The van der Waals surface area contributed by atoms with Gasteiger partial charge in [0.25, 0.3) is 0 Å². The van der Waals surface area contributed by atoms with Gasteiger partial charge in [-0.2, -0.15) is 18.4 Å². The lowest BCUT2D eigenvalue weighted by Gasteiger charge is -2.41. The molecule has 1 unspecified atom stereocenters. The van der Waals surface area contributed by atoms with E-state index in [4.69, 9.17) is 10.5 Å². The van der Waals surface area contributed by atoms with Crippen LogP contribution in [0.5, 0.6) is 5.88 Å². The highest BCUT2D eigenvalue weighted by atomic mass is 19.4. The van der Waals surface area contributed by atoms with Crippen LogP contribution in [0.3, 0.4) is 0 Å². The van der Waals surface area contributed by atoms with Crippen molar-refractivity contribution in [2.45, 2.75) is 44.3 Å². The van der Waals surface area contributed by atoms with Crippen LogP contribution in [-0.4, -0.2) is 49.8 Å². The van der Waals surface area contributed by atoms with Crippen molar-refractivity contribution in [3.05, 3.63) is 71.4 Å². The minimum Gasteiger partial charge on any atom is -0.478 e. The number of urea groups is 1. The molecule has 5 rings (SSSR count). The fraction of sp³-hybridized carbons (Fsp3) is 0.387. The predicted molar refractivity (Wildman–Crippen MR) is 155 cm³/mol. The number of piperidine rings is 1. The highest BCUT2D eigenvalue weighted by molar-refractivity contribution is 5.96. The Bertz CT molecular complexity index is 1510. The van der Waals surface area contributed by atoms with E-state index in [1.165, 1.54) is 6.07 Å². The number of carbonyl (C=O) groups excluding carboxylic acids is 1. The molecule has 1 saturated heterocycles. The van der Waals surface area contributed by atoms with Crippen molar-refractivity contribution in [2.75, 3.05) is 42.6 Å². The van der Waals surface area contributed by atoms with Crippen LogP contribution < -0.4 is 25.6 Å². The highest BCUT2D eigenvalue weighted by Crippen LogP contribution is 2.49. The number of ether oxygens (including phenoxy) is 1. The fourth-order valence-electron chi connectivity index (χ4n) is 5.91. The van der Waals surface area contributed by atoms with E-state index >= 15 is 0 Å². The van der Waals surface area contributed by atoms with Crippen molar-refractivity contribution in [3.8, 4) is 23.1 Å². The summed E-state index contributed by atoms with van der Waals surface area (Å²) in [5.74, 6) is 0.513. The number of pyridine rings is 1. The number of aromatic nitrogens is 1. The number of carbonyl (C=O) groups is 1. The topological polar surface area (TPSA) is 108 Å². The first-order valence-corrected chi connectivity index (χ1v) is 14.0. The van der Waals surface area contributed by atoms with E-state index in [0.29, 0.717) is 57.2 Å². The zero-order chi connectivity index (χ0) is 30.1. The van der Waals surface area contributed by atoms with E-state index in [9.17, 15) is 23.2 Å². The molecule has 3 N–H and O–H groups in total. The molecule has 3 heterocycles. The summed E-state index contributed by atoms with van der Waals surface area (Å²) in [6, 6.07) is 14.6. The molecular weight excluding hydrogens is 545 g/mol. The molecule has 0 aliphatic carbocycles. The second kappa shape index (κ2) is 11.5. The number of alkyl halides is 3. The number of amides is 2. The largest absolute Gasteiger partial charge is 0.478 e. The first-order valence-electron chi connectivity index (χ1n) is 14.0. The lowest BCUT2D eigenvalue weighted by Crippen LogP contribution is -2.49. The van der Waals surface area contributed by atoms with Gasteiger partial charge in [0.05, 0.1) is 23.4 Å². The molecule has 0 saturated carbocycles. The Kier molecular flexibility index (Phi) is 8.01. The summed E-state index contributed by atoms with van der Waals surface area (Å²) in [6.45, 7) is 6.00. The minimum absolute atomic E-state index is 0.00396. The van der Waals surface area contributed by atoms with E-state index < -0.39 is 11.7 Å². The van der Waals surface area contributed by atoms with Gasteiger partial charge in [0.15, 0.2) is 0 Å². The molecule has 3 aromatic rings. The van der Waals surface area contributed by atoms with E-state index in [2.05, 4.69) is 16.4 Å². The summed E-state index contributed by atoms with van der Waals surface area (Å²) in [4.78, 5) is 21.5. The van der Waals surface area contributed by atoms with Crippen molar-refractivity contribution in [3.63, 3.8) is 0 Å². The molecule has 2 aliphatic heterocycles. The van der Waals surface area contributed by atoms with Gasteiger partial charge < -0.3 is 20.7 Å². The molecule has 0 radical (unpaired) electrons. The van der Waals surface area contributed by atoms with Crippen LogP contribution in [0.1, 0.15) is 43.4 Å². The Labute approximate surface area is 242 Å². The SMILES string of the molecule is CCOc1ncccc1-c1ccc2c(c1)N(C(=O)NCC(C)N)CC21CCN(c2ccc(C(F)(F)F)cc2C#N)CC1. The smallest absolute Gasteiger partial charge is 0.416 e. The second-order valence-corrected chi connectivity index (χ2v) is 10.9. The van der Waals surface area contributed by atoms with Crippen LogP contribution in [0.25, 0.3) is 11.1 Å². The summed E-state index contributed by atoms with van der Waals surface area (Å²) < 4.78 is 45.5. The number of hydrogen-bond acceptors (Lipinski definition) is 6. The number of halogens is 3. The molecule has 1 spiro atoms. The van der Waals surface area contributed by atoms with Gasteiger partial charge in [0.1, 0.15) is 6.07 Å². The van der Waals surface area contributed by atoms with Gasteiger partial charge in [-0.1, -0.05) is 12.1 Å². The Morgan fingerprint density at radius 3 is 2.62 bits per heavy atom. The van der Waals surface area contributed by atoms with E-state index in [1.807, 2.05) is 49.1 Å². The molecule has 1 fully saturated rings. The van der Waals surface area contributed by atoms with Crippen LogP contribution in [0.2, 0.25) is 0 Å². The van der Waals surface area contributed by atoms with Gasteiger partial charge in [0.2, 0.25) is 5.88 Å². The van der Waals surface area contributed by atoms with Crippen LogP contribution >= 0.6 is 0 Å². The number of nitrogens with two attached hydrogens (primary N) is 1. The summed E-state index contributed by atoms with van der Waals surface area (Å²) in [5.41, 5.74) is 8.70. The van der Waals surface area contributed by atoms with Gasteiger partial charge >= 0.3 is 12.2 Å². The molecule has 2 aromatic carbocycles.